The molecule has 1 heterocycles. The second kappa shape index (κ2) is 6.70. The van der Waals surface area contributed by atoms with Crippen LogP contribution in [0.3, 0.4) is 0 Å². The molecule has 0 saturated carbocycles. The van der Waals surface area contributed by atoms with Gasteiger partial charge in [0.15, 0.2) is 6.29 Å². The van der Waals surface area contributed by atoms with Crippen molar-refractivity contribution in [3.8, 4) is 0 Å². The van der Waals surface area contributed by atoms with Crippen molar-refractivity contribution in [1.82, 2.24) is 0 Å². The average molecular weight is 276 g/mol. The summed E-state index contributed by atoms with van der Waals surface area (Å²) in [4.78, 5) is 0. The Hall–Kier alpha value is 1.05. The summed E-state index contributed by atoms with van der Waals surface area (Å²) in [6.45, 7) is 0.206. The number of rotatable bonds is 4. The maximum atomic E-state index is 9.58. The lowest BCUT2D eigenvalue weighted by atomic mass is 9.99. The lowest BCUT2D eigenvalue weighted by Gasteiger charge is -2.41. The van der Waals surface area contributed by atoms with E-state index in [2.05, 4.69) is 18.9 Å². The maximum absolute atomic E-state index is 9.58. The monoisotopic (exact) mass is 276 g/mol. The molecule has 8 atom stereocenters. The van der Waals surface area contributed by atoms with Crippen molar-refractivity contribution in [2.24, 2.45) is 0 Å². The van der Waals surface area contributed by atoms with Crippen LogP contribution in [0.4, 0.5) is 0 Å². The first-order chi connectivity index (χ1) is 7.15. The van der Waals surface area contributed by atoms with Crippen LogP contribution in [0.2, 0.25) is 0 Å². The van der Waals surface area contributed by atoms with E-state index in [1.165, 1.54) is 0 Å². The zero-order valence-corrected chi connectivity index (χ0v) is 11.3. The first-order valence-electron chi connectivity index (χ1n) is 4.20. The average Bonchev–Trinajstić information content (AvgIpc) is 2.23. The third kappa shape index (κ3) is 3.26. The van der Waals surface area contributed by atoms with Crippen LogP contribution in [0, 0.1) is 0 Å². The van der Waals surface area contributed by atoms with Gasteiger partial charge in [-0.05, 0) is 0 Å². The van der Waals surface area contributed by atoms with Gasteiger partial charge in [0, 0.05) is 28.4 Å². The molecule has 0 radical (unpaired) electrons. The van der Waals surface area contributed by atoms with E-state index in [0.29, 0.717) is 0 Å². The van der Waals surface area contributed by atoms with E-state index in [1.54, 1.807) is 0 Å². The normalized spacial score (nSPS) is 41.8. The highest BCUT2D eigenvalue weighted by Gasteiger charge is 2.45. The van der Waals surface area contributed by atoms with E-state index in [9.17, 15) is 10.2 Å². The van der Waals surface area contributed by atoms with E-state index in [-0.39, 0.29) is 6.61 Å². The number of aliphatic hydroxyl groups is 2. The highest BCUT2D eigenvalue weighted by Crippen LogP contribution is 2.27. The second-order valence-corrected chi connectivity index (χ2v) is 3.97. The number of hydrogen-bond donors (Lipinski definition) is 2. The molecule has 0 aromatic carbocycles. The van der Waals surface area contributed by atoms with E-state index >= 15 is 0 Å². The van der Waals surface area contributed by atoms with Crippen molar-refractivity contribution >= 4 is 28.4 Å². The highest BCUT2D eigenvalue weighted by atomic mass is 31.0. The topological polar surface area (TPSA) is 77.4 Å². The molecule has 1 aliphatic heterocycles. The van der Waals surface area contributed by atoms with Gasteiger partial charge in [-0.15, -0.1) is 0 Å². The van der Waals surface area contributed by atoms with Gasteiger partial charge in [-0.25, -0.2) is 0 Å². The lowest BCUT2D eigenvalue weighted by molar-refractivity contribution is -0.273. The molecule has 0 amide bonds. The first kappa shape index (κ1) is 14.1. The van der Waals surface area contributed by atoms with E-state index in [4.69, 9.17) is 18.3 Å². The highest BCUT2D eigenvalue weighted by molar-refractivity contribution is 7.10. The minimum Gasteiger partial charge on any atom is -0.385 e. The summed E-state index contributed by atoms with van der Waals surface area (Å²) < 4.78 is 20.0. The molecule has 2 N–H and O–H groups in total. The van der Waals surface area contributed by atoms with Gasteiger partial charge in [-0.2, -0.15) is 0 Å². The van der Waals surface area contributed by atoms with Crippen LogP contribution in [0.1, 0.15) is 0 Å². The minimum atomic E-state index is -1.31. The summed E-state index contributed by atoms with van der Waals surface area (Å²) in [6, 6.07) is 0. The van der Waals surface area contributed by atoms with Crippen LogP contribution in [0.25, 0.3) is 0 Å². The predicted molar refractivity (Wildman–Crippen MR) is 61.7 cm³/mol. The Balaban J connectivity index is 2.73. The van der Waals surface area contributed by atoms with Gasteiger partial charge in [0.05, 0.1) is 6.61 Å². The first-order valence-corrected chi connectivity index (χ1v) is 5.61. The number of ether oxygens (including phenoxy) is 1. The lowest BCUT2D eigenvalue weighted by Crippen LogP contribution is -2.58. The van der Waals surface area contributed by atoms with Crippen molar-refractivity contribution in [3.63, 3.8) is 0 Å². The fourth-order valence-electron chi connectivity index (χ4n) is 1.46. The SMILES string of the molecule is OC1OC(COP)C(OP)C(OP)C1O. The number of aliphatic hydroxyl groups excluding tert-OH is 2. The molecule has 1 fully saturated rings. The van der Waals surface area contributed by atoms with Gasteiger partial charge in [-0.3, -0.25) is 0 Å². The maximum Gasteiger partial charge on any atom is 0.184 e. The van der Waals surface area contributed by atoms with Gasteiger partial charge in [0.1, 0.15) is 24.4 Å². The van der Waals surface area contributed by atoms with E-state index in [0.717, 1.165) is 0 Å². The molecule has 15 heavy (non-hydrogen) atoms. The van der Waals surface area contributed by atoms with Gasteiger partial charge >= 0.3 is 0 Å². The van der Waals surface area contributed by atoms with E-state index in [1.807, 2.05) is 9.47 Å². The molecule has 9 heteroatoms. The zero-order valence-electron chi connectivity index (χ0n) is 7.85. The molecule has 0 aromatic rings. The minimum absolute atomic E-state index is 0.206. The van der Waals surface area contributed by atoms with Crippen LogP contribution in [0.5, 0.6) is 0 Å². The zero-order chi connectivity index (χ0) is 11.4. The van der Waals surface area contributed by atoms with Gasteiger partial charge in [0.25, 0.3) is 0 Å². The second-order valence-electron chi connectivity index (χ2n) is 3.09. The Morgan fingerprint density at radius 2 is 1.67 bits per heavy atom. The Bertz CT molecular complexity index is 196. The molecule has 0 spiro atoms. The summed E-state index contributed by atoms with van der Waals surface area (Å²) >= 11 is 0. The standard InChI is InChI=1S/C6H15O6P3/c7-3-5(12-15)4(11-14)2(1-9-13)10-6(3)8/h2-8H,1,13-15H2. The van der Waals surface area contributed by atoms with Crippen molar-refractivity contribution in [2.75, 3.05) is 6.61 Å². The largest absolute Gasteiger partial charge is 0.385 e. The van der Waals surface area contributed by atoms with Crippen LogP contribution in [0.15, 0.2) is 0 Å². The summed E-state index contributed by atoms with van der Waals surface area (Å²) in [6.07, 6.45) is -4.21. The molecule has 1 rings (SSSR count). The molecule has 0 aliphatic carbocycles. The molecule has 0 bridgehead atoms. The molecule has 1 aliphatic rings. The molecule has 6 nitrogen and oxygen atoms in total. The summed E-state index contributed by atoms with van der Waals surface area (Å²) in [7, 11) is 6.18. The summed E-state index contributed by atoms with van der Waals surface area (Å²) in [5.74, 6) is 0. The molecule has 90 valence electrons. The summed E-state index contributed by atoms with van der Waals surface area (Å²) in [5.41, 5.74) is 0. The van der Waals surface area contributed by atoms with Gasteiger partial charge < -0.3 is 28.5 Å². The third-order valence-corrected chi connectivity index (χ3v) is 3.03. The smallest absolute Gasteiger partial charge is 0.184 e. The Morgan fingerprint density at radius 1 is 1.07 bits per heavy atom. The molecular formula is C6H15O6P3. The molecular weight excluding hydrogens is 261 g/mol. The van der Waals surface area contributed by atoms with Crippen molar-refractivity contribution in [2.45, 2.75) is 30.7 Å². The molecule has 1 saturated heterocycles. The van der Waals surface area contributed by atoms with Gasteiger partial charge in [-0.1, -0.05) is 0 Å². The third-order valence-electron chi connectivity index (χ3n) is 2.21. The Morgan fingerprint density at radius 3 is 2.13 bits per heavy atom. The van der Waals surface area contributed by atoms with Gasteiger partial charge in [0.2, 0.25) is 0 Å². The Labute approximate surface area is 94.9 Å². The van der Waals surface area contributed by atoms with Crippen LogP contribution >= 0.6 is 28.4 Å². The number of hydrogen-bond acceptors (Lipinski definition) is 6. The van der Waals surface area contributed by atoms with Crippen LogP contribution < -0.4 is 0 Å². The van der Waals surface area contributed by atoms with Crippen molar-refractivity contribution in [3.05, 3.63) is 0 Å². The van der Waals surface area contributed by atoms with Crippen molar-refractivity contribution in [1.29, 1.82) is 0 Å². The fraction of sp³-hybridized carbons (Fsp3) is 1.00. The fourth-order valence-corrected chi connectivity index (χ4v) is 2.29. The van der Waals surface area contributed by atoms with Crippen molar-refractivity contribution < 1.29 is 28.5 Å². The van der Waals surface area contributed by atoms with Crippen LogP contribution in [-0.2, 0) is 18.3 Å². The molecule has 8 unspecified atom stereocenters. The summed E-state index contributed by atoms with van der Waals surface area (Å²) in [5, 5.41) is 19.0. The predicted octanol–water partition coefficient (Wildman–Crippen LogP) is -0.778. The Kier molecular flexibility index (Phi) is 6.31. The van der Waals surface area contributed by atoms with E-state index < -0.39 is 30.7 Å². The quantitative estimate of drug-likeness (QED) is 0.656. The molecule has 0 aromatic heterocycles. The van der Waals surface area contributed by atoms with Crippen LogP contribution in [-0.4, -0.2) is 47.5 Å².